The predicted molar refractivity (Wildman–Crippen MR) is 75.1 cm³/mol. The lowest BCUT2D eigenvalue weighted by Gasteiger charge is -2.11. The van der Waals surface area contributed by atoms with Crippen molar-refractivity contribution in [3.05, 3.63) is 42.0 Å². The minimum absolute atomic E-state index is 0.0468. The molecule has 0 saturated carbocycles. The van der Waals surface area contributed by atoms with E-state index in [0.29, 0.717) is 17.1 Å². The molecule has 2 aromatic carbocycles. The van der Waals surface area contributed by atoms with Crippen molar-refractivity contribution in [1.82, 2.24) is 0 Å². The second-order valence-electron chi connectivity index (χ2n) is 4.12. The first-order chi connectivity index (χ1) is 9.51. The first-order valence-corrected chi connectivity index (χ1v) is 5.78. The van der Waals surface area contributed by atoms with Gasteiger partial charge in [0.2, 0.25) is 0 Å². The summed E-state index contributed by atoms with van der Waals surface area (Å²) in [6, 6.07) is 8.49. The molecule has 0 unspecified atom stereocenters. The number of carbonyl (C=O) groups excluding carboxylic acids is 1. The van der Waals surface area contributed by atoms with Gasteiger partial charge in [0.05, 0.1) is 18.4 Å². The van der Waals surface area contributed by atoms with Crippen molar-refractivity contribution in [2.45, 2.75) is 0 Å². The Morgan fingerprint density at radius 1 is 1.20 bits per heavy atom. The third kappa shape index (κ3) is 2.74. The number of anilines is 2. The topological polar surface area (TPSA) is 105 Å². The van der Waals surface area contributed by atoms with E-state index in [2.05, 4.69) is 5.32 Å². The summed E-state index contributed by atoms with van der Waals surface area (Å²) in [5.74, 6) is -0.495. The van der Waals surface area contributed by atoms with Gasteiger partial charge in [-0.15, -0.1) is 0 Å². The van der Waals surface area contributed by atoms with Crippen molar-refractivity contribution >= 4 is 17.3 Å². The molecule has 0 fully saturated rings. The number of ether oxygens (including phenoxy) is 1. The van der Waals surface area contributed by atoms with E-state index in [9.17, 15) is 15.0 Å². The number of hydrogen-bond donors (Lipinski definition) is 4. The third-order valence-electron chi connectivity index (χ3n) is 2.70. The number of benzene rings is 2. The molecule has 6 nitrogen and oxygen atoms in total. The van der Waals surface area contributed by atoms with Crippen LogP contribution in [-0.4, -0.2) is 23.2 Å². The molecule has 104 valence electrons. The zero-order valence-corrected chi connectivity index (χ0v) is 10.8. The number of aromatic hydroxyl groups is 2. The Kier molecular flexibility index (Phi) is 3.65. The van der Waals surface area contributed by atoms with Crippen LogP contribution in [-0.2, 0) is 0 Å². The fraction of sp³-hybridized carbons (Fsp3) is 0.0714. The van der Waals surface area contributed by atoms with Gasteiger partial charge in [0.25, 0.3) is 5.91 Å². The van der Waals surface area contributed by atoms with Crippen molar-refractivity contribution in [1.29, 1.82) is 0 Å². The summed E-state index contributed by atoms with van der Waals surface area (Å²) >= 11 is 0. The largest absolute Gasteiger partial charge is 0.508 e. The molecular formula is C14H14N2O4. The highest BCUT2D eigenvalue weighted by atomic mass is 16.5. The second-order valence-corrected chi connectivity index (χ2v) is 4.12. The van der Waals surface area contributed by atoms with E-state index in [0.717, 1.165) is 0 Å². The van der Waals surface area contributed by atoms with Crippen LogP contribution < -0.4 is 15.8 Å². The number of nitrogen functional groups attached to an aromatic ring is 1. The maximum absolute atomic E-state index is 12.1. The average Bonchev–Trinajstić information content (AvgIpc) is 2.41. The molecule has 0 spiro atoms. The molecule has 0 radical (unpaired) electrons. The lowest BCUT2D eigenvalue weighted by molar-refractivity contribution is 0.102. The Balaban J connectivity index is 2.32. The van der Waals surface area contributed by atoms with Crippen LogP contribution >= 0.6 is 0 Å². The van der Waals surface area contributed by atoms with Crippen LogP contribution in [0.15, 0.2) is 36.4 Å². The average molecular weight is 274 g/mol. The summed E-state index contributed by atoms with van der Waals surface area (Å²) in [5.41, 5.74) is 6.44. The van der Waals surface area contributed by atoms with E-state index in [1.165, 1.54) is 31.4 Å². The zero-order chi connectivity index (χ0) is 14.7. The van der Waals surface area contributed by atoms with Gasteiger partial charge in [0, 0.05) is 5.69 Å². The van der Waals surface area contributed by atoms with Gasteiger partial charge in [0.1, 0.15) is 17.2 Å². The van der Waals surface area contributed by atoms with E-state index in [-0.39, 0.29) is 17.1 Å². The van der Waals surface area contributed by atoms with E-state index >= 15 is 0 Å². The van der Waals surface area contributed by atoms with E-state index < -0.39 is 5.91 Å². The van der Waals surface area contributed by atoms with Crippen molar-refractivity contribution in [3.8, 4) is 17.2 Å². The van der Waals surface area contributed by atoms with Gasteiger partial charge < -0.3 is 26.0 Å². The van der Waals surface area contributed by atoms with Crippen LogP contribution in [0.1, 0.15) is 10.4 Å². The van der Waals surface area contributed by atoms with E-state index in [1.54, 1.807) is 12.1 Å². The molecule has 0 aromatic heterocycles. The maximum atomic E-state index is 12.1. The minimum Gasteiger partial charge on any atom is -0.508 e. The fourth-order valence-electron chi connectivity index (χ4n) is 1.72. The number of rotatable bonds is 3. The van der Waals surface area contributed by atoms with E-state index in [1.807, 2.05) is 0 Å². The normalized spacial score (nSPS) is 10.1. The summed E-state index contributed by atoms with van der Waals surface area (Å²) < 4.78 is 5.11. The molecule has 0 saturated heterocycles. The summed E-state index contributed by atoms with van der Waals surface area (Å²) in [6.45, 7) is 0. The molecule has 5 N–H and O–H groups in total. The molecule has 20 heavy (non-hydrogen) atoms. The van der Waals surface area contributed by atoms with Gasteiger partial charge in [-0.25, -0.2) is 0 Å². The van der Waals surface area contributed by atoms with Crippen LogP contribution in [0.3, 0.4) is 0 Å². The van der Waals surface area contributed by atoms with Crippen LogP contribution in [0.2, 0.25) is 0 Å². The quantitative estimate of drug-likeness (QED) is 0.505. The highest BCUT2D eigenvalue weighted by Crippen LogP contribution is 2.29. The summed E-state index contributed by atoms with van der Waals surface area (Å²) in [5, 5.41) is 21.6. The number of phenolic OH excluding ortho intramolecular Hbond substituents is 2. The third-order valence-corrected chi connectivity index (χ3v) is 2.70. The van der Waals surface area contributed by atoms with Crippen molar-refractivity contribution in [2.75, 3.05) is 18.2 Å². The van der Waals surface area contributed by atoms with Gasteiger partial charge in [-0.05, 0) is 36.4 Å². The molecule has 2 rings (SSSR count). The van der Waals surface area contributed by atoms with Gasteiger partial charge in [0.15, 0.2) is 0 Å². The number of amides is 1. The number of nitrogens with one attached hydrogen (secondary N) is 1. The number of hydrogen-bond acceptors (Lipinski definition) is 5. The Hall–Kier alpha value is -2.89. The van der Waals surface area contributed by atoms with Crippen LogP contribution in [0.4, 0.5) is 11.4 Å². The van der Waals surface area contributed by atoms with E-state index in [4.69, 9.17) is 10.5 Å². The smallest absolute Gasteiger partial charge is 0.259 e. The second kappa shape index (κ2) is 5.40. The Morgan fingerprint density at radius 3 is 2.65 bits per heavy atom. The Bertz CT molecular complexity index is 656. The van der Waals surface area contributed by atoms with Crippen molar-refractivity contribution < 1.29 is 19.7 Å². The monoisotopic (exact) mass is 274 g/mol. The molecular weight excluding hydrogens is 260 g/mol. The van der Waals surface area contributed by atoms with Crippen LogP contribution in [0.5, 0.6) is 17.2 Å². The fourth-order valence-corrected chi connectivity index (χ4v) is 1.72. The number of nitrogens with two attached hydrogens (primary N) is 1. The zero-order valence-electron chi connectivity index (χ0n) is 10.8. The molecule has 2 aromatic rings. The molecule has 0 bridgehead atoms. The molecule has 1 amide bonds. The molecule has 0 heterocycles. The lowest BCUT2D eigenvalue weighted by atomic mass is 10.1. The van der Waals surface area contributed by atoms with Crippen LogP contribution in [0, 0.1) is 0 Å². The number of methoxy groups -OCH3 is 1. The standard InChI is InChI=1S/C14H14N2O4/c1-20-13-5-2-8(15)6-11(13)16-14(19)10-7-9(17)3-4-12(10)18/h2-7,17-18H,15H2,1H3,(H,16,19). The maximum Gasteiger partial charge on any atom is 0.259 e. The van der Waals surface area contributed by atoms with Gasteiger partial charge >= 0.3 is 0 Å². The number of carbonyl (C=O) groups is 1. The summed E-state index contributed by atoms with van der Waals surface area (Å²) in [6.07, 6.45) is 0. The Labute approximate surface area is 115 Å². The highest BCUT2D eigenvalue weighted by molar-refractivity contribution is 6.07. The van der Waals surface area contributed by atoms with Gasteiger partial charge in [-0.1, -0.05) is 0 Å². The first kappa shape index (κ1) is 13.5. The van der Waals surface area contributed by atoms with Crippen LogP contribution in [0.25, 0.3) is 0 Å². The molecule has 6 heteroatoms. The SMILES string of the molecule is COc1ccc(N)cc1NC(=O)c1cc(O)ccc1O. The van der Waals surface area contributed by atoms with Gasteiger partial charge in [-0.3, -0.25) is 4.79 Å². The van der Waals surface area contributed by atoms with Gasteiger partial charge in [-0.2, -0.15) is 0 Å². The van der Waals surface area contributed by atoms with Crippen molar-refractivity contribution in [3.63, 3.8) is 0 Å². The summed E-state index contributed by atoms with van der Waals surface area (Å²) in [7, 11) is 1.47. The minimum atomic E-state index is -0.581. The molecule has 0 aliphatic rings. The summed E-state index contributed by atoms with van der Waals surface area (Å²) in [4.78, 5) is 12.1. The van der Waals surface area contributed by atoms with Crippen molar-refractivity contribution in [2.24, 2.45) is 0 Å². The molecule has 0 aliphatic heterocycles. The Morgan fingerprint density at radius 2 is 1.95 bits per heavy atom. The molecule has 0 atom stereocenters. The predicted octanol–water partition coefficient (Wildman–Crippen LogP) is 1.94. The first-order valence-electron chi connectivity index (χ1n) is 5.78. The number of phenols is 2. The highest BCUT2D eigenvalue weighted by Gasteiger charge is 2.14. The lowest BCUT2D eigenvalue weighted by Crippen LogP contribution is -2.13. The molecule has 0 aliphatic carbocycles.